The van der Waals surface area contributed by atoms with Gasteiger partial charge in [0.05, 0.1) is 12.3 Å². The maximum Gasteiger partial charge on any atom is 0.338 e. The van der Waals surface area contributed by atoms with Gasteiger partial charge in [-0.25, -0.2) is 4.79 Å². The zero-order chi connectivity index (χ0) is 11.4. The number of ether oxygens (including phenoxy) is 1. The van der Waals surface area contributed by atoms with Crippen LogP contribution < -0.4 is 0 Å². The molecule has 1 rings (SSSR count). The number of rotatable bonds is 4. The summed E-state index contributed by atoms with van der Waals surface area (Å²) in [5.41, 5.74) is 0.357. The highest BCUT2D eigenvalue weighted by Gasteiger charge is 2.28. The molecule has 1 aromatic rings. The summed E-state index contributed by atoms with van der Waals surface area (Å²) in [5, 5.41) is 22.9. The van der Waals surface area contributed by atoms with Crippen LogP contribution in [0.15, 0.2) is 12.3 Å². The first-order chi connectivity index (χ1) is 7.07. The summed E-state index contributed by atoms with van der Waals surface area (Å²) in [4.78, 5) is 11.1. The van der Waals surface area contributed by atoms with Gasteiger partial charge in [0.1, 0.15) is 6.10 Å². The van der Waals surface area contributed by atoms with Crippen molar-refractivity contribution in [3.8, 4) is 0 Å². The van der Waals surface area contributed by atoms with Crippen molar-refractivity contribution in [1.29, 1.82) is 0 Å². The van der Waals surface area contributed by atoms with Gasteiger partial charge in [0.25, 0.3) is 0 Å². The predicted molar refractivity (Wildman–Crippen MR) is 50.8 cm³/mol. The number of aliphatic hydroxyl groups excluding tert-OH is 2. The first kappa shape index (κ1) is 11.7. The van der Waals surface area contributed by atoms with E-state index in [1.54, 1.807) is 14.0 Å². The Morgan fingerprint density at radius 3 is 2.80 bits per heavy atom. The lowest BCUT2D eigenvalue weighted by atomic mass is 10.1. The summed E-state index contributed by atoms with van der Waals surface area (Å²) >= 11 is 0. The van der Waals surface area contributed by atoms with Gasteiger partial charge in [0, 0.05) is 13.2 Å². The van der Waals surface area contributed by atoms with Crippen LogP contribution in [0.1, 0.15) is 18.7 Å². The number of hydrogen-bond acceptors (Lipinski definition) is 5. The van der Waals surface area contributed by atoms with Gasteiger partial charge in [0.2, 0.25) is 0 Å². The summed E-state index contributed by atoms with van der Waals surface area (Å²) in [6.07, 6.45) is -1.44. The van der Waals surface area contributed by atoms with Crippen LogP contribution in [-0.2, 0) is 16.6 Å². The lowest BCUT2D eigenvalue weighted by Crippen LogP contribution is -2.31. The van der Waals surface area contributed by atoms with E-state index < -0.39 is 18.2 Å². The Morgan fingerprint density at radius 1 is 1.67 bits per heavy atom. The van der Waals surface area contributed by atoms with Crippen LogP contribution in [0.4, 0.5) is 0 Å². The van der Waals surface area contributed by atoms with E-state index in [9.17, 15) is 15.0 Å². The normalized spacial score (nSPS) is 14.7. The molecule has 2 unspecified atom stereocenters. The van der Waals surface area contributed by atoms with Crippen LogP contribution in [-0.4, -0.2) is 38.7 Å². The van der Waals surface area contributed by atoms with Gasteiger partial charge in [-0.1, -0.05) is 0 Å². The van der Waals surface area contributed by atoms with Gasteiger partial charge in [-0.3, -0.25) is 4.68 Å². The van der Waals surface area contributed by atoms with Crippen molar-refractivity contribution in [3.05, 3.63) is 18.0 Å². The number of carbonyl (C=O) groups is 1. The quantitative estimate of drug-likeness (QED) is 0.652. The standard InChI is InChI=1S/C9H14N2O4/c1-3-15-9(14)8(13)7(12)6-4-5-10-11(6)2/h4-5,7-8,12-13H,3H2,1-2H3. The van der Waals surface area contributed by atoms with Gasteiger partial charge >= 0.3 is 5.97 Å². The fourth-order valence-electron chi connectivity index (χ4n) is 1.19. The number of aryl methyl sites for hydroxylation is 1. The predicted octanol–water partition coefficient (Wildman–Crippen LogP) is -0.623. The van der Waals surface area contributed by atoms with Crippen LogP contribution in [0.5, 0.6) is 0 Å². The Bertz CT molecular complexity index is 337. The van der Waals surface area contributed by atoms with E-state index in [4.69, 9.17) is 0 Å². The molecule has 0 fully saturated rings. The fourth-order valence-corrected chi connectivity index (χ4v) is 1.19. The van der Waals surface area contributed by atoms with Crippen LogP contribution >= 0.6 is 0 Å². The highest BCUT2D eigenvalue weighted by atomic mass is 16.5. The highest BCUT2D eigenvalue weighted by molar-refractivity contribution is 5.75. The van der Waals surface area contributed by atoms with E-state index >= 15 is 0 Å². The van der Waals surface area contributed by atoms with E-state index in [0.717, 1.165) is 0 Å². The summed E-state index contributed by atoms with van der Waals surface area (Å²) in [5.74, 6) is -0.841. The molecule has 6 heteroatoms. The molecule has 0 spiro atoms. The molecular weight excluding hydrogens is 200 g/mol. The average molecular weight is 214 g/mol. The molecule has 1 aromatic heterocycles. The third-order valence-electron chi connectivity index (χ3n) is 1.99. The van der Waals surface area contributed by atoms with Gasteiger partial charge < -0.3 is 14.9 Å². The first-order valence-electron chi connectivity index (χ1n) is 4.58. The summed E-state index contributed by atoms with van der Waals surface area (Å²) in [6, 6.07) is 1.52. The Labute approximate surface area is 87.1 Å². The van der Waals surface area contributed by atoms with Gasteiger partial charge in [-0.05, 0) is 13.0 Å². The van der Waals surface area contributed by atoms with Crippen LogP contribution in [0.3, 0.4) is 0 Å². The molecular formula is C9H14N2O4. The van der Waals surface area contributed by atoms with Crippen LogP contribution in [0.2, 0.25) is 0 Å². The van der Waals surface area contributed by atoms with Crippen LogP contribution in [0.25, 0.3) is 0 Å². The molecule has 1 heterocycles. The molecule has 2 N–H and O–H groups in total. The maximum atomic E-state index is 11.1. The van der Waals surface area contributed by atoms with Gasteiger partial charge in [-0.15, -0.1) is 0 Å². The second-order valence-electron chi connectivity index (χ2n) is 3.02. The van der Waals surface area contributed by atoms with Crippen molar-refractivity contribution in [2.45, 2.75) is 19.1 Å². The Morgan fingerprint density at radius 2 is 2.33 bits per heavy atom. The Kier molecular flexibility index (Phi) is 3.81. The monoisotopic (exact) mass is 214 g/mol. The molecule has 0 aliphatic heterocycles. The molecule has 15 heavy (non-hydrogen) atoms. The molecule has 0 amide bonds. The number of carbonyl (C=O) groups excluding carboxylic acids is 1. The Balaban J connectivity index is 2.72. The molecule has 84 valence electrons. The number of aromatic nitrogens is 2. The number of nitrogens with zero attached hydrogens (tertiary/aromatic N) is 2. The topological polar surface area (TPSA) is 84.6 Å². The van der Waals surface area contributed by atoms with Crippen molar-refractivity contribution >= 4 is 5.97 Å². The van der Waals surface area contributed by atoms with Crippen molar-refractivity contribution < 1.29 is 19.7 Å². The van der Waals surface area contributed by atoms with E-state index in [0.29, 0.717) is 5.69 Å². The first-order valence-corrected chi connectivity index (χ1v) is 4.58. The third-order valence-corrected chi connectivity index (χ3v) is 1.99. The van der Waals surface area contributed by atoms with E-state index in [1.807, 2.05) is 0 Å². The maximum absolute atomic E-state index is 11.1. The van der Waals surface area contributed by atoms with E-state index in [1.165, 1.54) is 16.9 Å². The summed E-state index contributed by atoms with van der Waals surface area (Å²) < 4.78 is 5.97. The van der Waals surface area contributed by atoms with Crippen molar-refractivity contribution in [2.75, 3.05) is 6.61 Å². The van der Waals surface area contributed by atoms with Crippen molar-refractivity contribution in [1.82, 2.24) is 9.78 Å². The largest absolute Gasteiger partial charge is 0.464 e. The minimum absolute atomic E-state index is 0.161. The molecule has 0 radical (unpaired) electrons. The summed E-state index contributed by atoms with van der Waals surface area (Å²) in [6.45, 7) is 1.79. The number of hydrogen-bond donors (Lipinski definition) is 2. The lowest BCUT2D eigenvalue weighted by molar-refractivity contribution is -0.159. The minimum atomic E-state index is -1.58. The number of aliphatic hydroxyl groups is 2. The SMILES string of the molecule is CCOC(=O)C(O)C(O)c1ccnn1C. The van der Waals surface area contributed by atoms with E-state index in [2.05, 4.69) is 9.84 Å². The average Bonchev–Trinajstić information content (AvgIpc) is 2.62. The molecule has 0 aromatic carbocycles. The number of esters is 1. The molecule has 0 saturated heterocycles. The second kappa shape index (κ2) is 4.90. The molecule has 0 aliphatic carbocycles. The lowest BCUT2D eigenvalue weighted by Gasteiger charge is -2.16. The third kappa shape index (κ3) is 2.54. The van der Waals surface area contributed by atoms with E-state index in [-0.39, 0.29) is 6.61 Å². The fraction of sp³-hybridized carbons (Fsp3) is 0.556. The van der Waals surface area contributed by atoms with Crippen LogP contribution in [0, 0.1) is 0 Å². The smallest absolute Gasteiger partial charge is 0.338 e. The van der Waals surface area contributed by atoms with Crippen molar-refractivity contribution in [3.63, 3.8) is 0 Å². The van der Waals surface area contributed by atoms with Gasteiger partial charge in [0.15, 0.2) is 6.10 Å². The molecule has 0 bridgehead atoms. The zero-order valence-corrected chi connectivity index (χ0v) is 8.62. The zero-order valence-electron chi connectivity index (χ0n) is 8.62. The molecule has 6 nitrogen and oxygen atoms in total. The van der Waals surface area contributed by atoms with Gasteiger partial charge in [-0.2, -0.15) is 5.10 Å². The Hall–Kier alpha value is -1.40. The molecule has 2 atom stereocenters. The summed E-state index contributed by atoms with van der Waals surface area (Å²) in [7, 11) is 1.61. The van der Waals surface area contributed by atoms with Crippen molar-refractivity contribution in [2.24, 2.45) is 7.05 Å². The highest BCUT2D eigenvalue weighted by Crippen LogP contribution is 2.16. The molecule has 0 aliphatic rings. The second-order valence-corrected chi connectivity index (χ2v) is 3.02. The minimum Gasteiger partial charge on any atom is -0.464 e. The molecule has 0 saturated carbocycles.